The predicted molar refractivity (Wildman–Crippen MR) is 44.7 cm³/mol. The number of carbonyl (C=O) groups excluding carboxylic acids is 2. The van der Waals surface area contributed by atoms with Crippen LogP contribution in [0.3, 0.4) is 0 Å². The van der Waals surface area contributed by atoms with E-state index < -0.39 is 49.5 Å². The summed E-state index contributed by atoms with van der Waals surface area (Å²) in [5.41, 5.74) is 14.8. The maximum Gasteiger partial charge on any atom is 4.00 e. The summed E-state index contributed by atoms with van der Waals surface area (Å²) in [6.45, 7) is 0. The minimum Gasteiger partial charge on any atom is -0.676 e. The van der Waals surface area contributed by atoms with Crippen LogP contribution in [0.2, 0.25) is 0 Å². The van der Waals surface area contributed by atoms with Crippen molar-refractivity contribution in [1.29, 1.82) is 0 Å². The van der Waals surface area contributed by atoms with Crippen LogP contribution in [0.5, 0.6) is 0 Å². The van der Waals surface area contributed by atoms with E-state index in [1.807, 2.05) is 0 Å². The van der Waals surface area contributed by atoms with E-state index in [2.05, 4.69) is 0 Å². The van der Waals surface area contributed by atoms with Crippen molar-refractivity contribution in [2.24, 2.45) is 0 Å². The molecule has 1 aliphatic carbocycles. The maximum absolute atomic E-state index is 8.93. The molecule has 0 aromatic heterocycles. The Morgan fingerprint density at radius 1 is 1.13 bits per heavy atom. The summed E-state index contributed by atoms with van der Waals surface area (Å²) < 4.78 is 73.9. The van der Waals surface area contributed by atoms with Crippen LogP contribution in [0.4, 0.5) is 0 Å². The molecule has 2 N–H and O–H groups in total. The van der Waals surface area contributed by atoms with Crippen molar-refractivity contribution in [3.05, 3.63) is 11.5 Å². The zero-order valence-corrected chi connectivity index (χ0v) is 9.22. The molecule has 0 bridgehead atoms. The molecular formula is C8H12N2O4Pt. The molecule has 1 fully saturated rings. The van der Waals surface area contributed by atoms with Crippen molar-refractivity contribution in [2.75, 3.05) is 0 Å². The molecule has 6 nitrogen and oxygen atoms in total. The number of nitrogens with one attached hydrogen (secondary N) is 2. The van der Waals surface area contributed by atoms with Crippen LogP contribution in [0.1, 0.15) is 39.2 Å². The molecule has 0 radical (unpaired) electrons. The smallest absolute Gasteiger partial charge is 0.676 e. The average Bonchev–Trinajstić information content (AvgIpc) is 2.36. The molecule has 2 atom stereocenters. The second kappa shape index (κ2) is 8.82. The van der Waals surface area contributed by atoms with Crippen LogP contribution in [0.15, 0.2) is 0 Å². The van der Waals surface area contributed by atoms with Crippen LogP contribution in [0.25, 0.3) is 11.5 Å². The Bertz CT molecular complexity index is 424. The Hall–Kier alpha value is -0.452. The van der Waals surface area contributed by atoms with Gasteiger partial charge in [-0.25, -0.2) is 0 Å². The van der Waals surface area contributed by atoms with E-state index in [4.69, 9.17) is 45.0 Å². The van der Waals surface area contributed by atoms with E-state index in [9.17, 15) is 0 Å². The summed E-state index contributed by atoms with van der Waals surface area (Å²) in [4.78, 5) is 17.9. The van der Waals surface area contributed by atoms with Gasteiger partial charge in [0.2, 0.25) is 0 Å². The predicted octanol–water partition coefficient (Wildman–Crippen LogP) is -1.11. The molecule has 0 aromatic carbocycles. The van der Waals surface area contributed by atoms with Gasteiger partial charge >= 0.3 is 21.1 Å². The Kier molecular flexibility index (Phi) is 3.09. The molecule has 1 rings (SSSR count). The molecule has 0 heterocycles. The summed E-state index contributed by atoms with van der Waals surface area (Å²) >= 11 is 0. The molecule has 15 heavy (non-hydrogen) atoms. The molecule has 1 aliphatic rings. The Balaban J connectivity index is 0. The molecule has 88 valence electrons. The van der Waals surface area contributed by atoms with Gasteiger partial charge in [-0.05, 0) is 0 Å². The van der Waals surface area contributed by atoms with Crippen LogP contribution in [-0.2, 0) is 30.7 Å². The van der Waals surface area contributed by atoms with Crippen molar-refractivity contribution in [2.45, 2.75) is 37.5 Å². The summed E-state index contributed by atoms with van der Waals surface area (Å²) in [6, 6.07) is -7.06. The summed E-state index contributed by atoms with van der Waals surface area (Å²) in [5.74, 6) is -4.37. The van der Waals surface area contributed by atoms with E-state index in [0.29, 0.717) is 0 Å². The van der Waals surface area contributed by atoms with E-state index >= 15 is 0 Å². The third-order valence-corrected chi connectivity index (χ3v) is 0.854. The van der Waals surface area contributed by atoms with E-state index in [1.165, 1.54) is 0 Å². The number of carbonyl (C=O) groups is 2. The molecule has 7 heteroatoms. The molecule has 0 amide bonds. The fourth-order valence-electron chi connectivity index (χ4n) is 0.312. The Morgan fingerprint density at radius 3 is 1.60 bits per heavy atom. The van der Waals surface area contributed by atoms with Gasteiger partial charge in [-0.3, -0.25) is 0 Å². The van der Waals surface area contributed by atoms with Crippen LogP contribution < -0.4 is 10.2 Å². The van der Waals surface area contributed by atoms with Crippen LogP contribution in [0, 0.1) is 0 Å². The van der Waals surface area contributed by atoms with Gasteiger partial charge < -0.3 is 31.3 Å². The topological polar surface area (TPSA) is 128 Å². The minimum absolute atomic E-state index is 0. The van der Waals surface area contributed by atoms with Crippen molar-refractivity contribution >= 4 is 11.9 Å². The molecule has 0 aliphatic heterocycles. The molecule has 0 aromatic rings. The Morgan fingerprint density at radius 2 is 1.40 bits per heavy atom. The number of carboxylic acids is 2. The van der Waals surface area contributed by atoms with Gasteiger partial charge in [-0.1, -0.05) is 25.5 Å². The maximum atomic E-state index is 8.93. The fourth-order valence-corrected chi connectivity index (χ4v) is 0.312. The molecular weight excluding hydrogens is 383 g/mol. The Labute approximate surface area is 116 Å². The second-order valence-electron chi connectivity index (χ2n) is 1.82. The SMILES string of the molecule is O=C([O-])C(=O)[O-].[2H]C1([2H])C([2H])([2H])C([2H])([2H])[C@@]([2H])([NH-])[C@]([2H])([NH-])C1([2H])[2H].[Pt+4]. The summed E-state index contributed by atoms with van der Waals surface area (Å²) in [6.07, 6.45) is -14.1. The number of aliphatic carboxylic acids is 2. The van der Waals surface area contributed by atoms with E-state index in [1.54, 1.807) is 0 Å². The van der Waals surface area contributed by atoms with Gasteiger partial charge in [0.1, 0.15) is 0 Å². The third-order valence-electron chi connectivity index (χ3n) is 0.854. The average molecular weight is 405 g/mol. The number of hydrogen-bond donors (Lipinski definition) is 0. The van der Waals surface area contributed by atoms with Crippen molar-refractivity contribution in [3.8, 4) is 0 Å². The van der Waals surface area contributed by atoms with Gasteiger partial charge in [-0.15, -0.1) is 0 Å². The first-order valence-corrected chi connectivity index (χ1v) is 3.07. The first-order valence-electron chi connectivity index (χ1n) is 8.07. The fraction of sp³-hybridized carbons (Fsp3) is 0.750. The van der Waals surface area contributed by atoms with Crippen molar-refractivity contribution in [1.82, 2.24) is 0 Å². The third kappa shape index (κ3) is 8.54. The van der Waals surface area contributed by atoms with Gasteiger partial charge in [0.05, 0.1) is 11.9 Å². The zero-order chi connectivity index (χ0) is 20.2. The van der Waals surface area contributed by atoms with Crippen molar-refractivity contribution in [3.63, 3.8) is 0 Å². The van der Waals surface area contributed by atoms with Crippen LogP contribution >= 0.6 is 0 Å². The minimum atomic E-state index is -3.53. The van der Waals surface area contributed by atoms with E-state index in [-0.39, 0.29) is 21.1 Å². The number of rotatable bonds is 0. The first-order chi connectivity index (χ1) is 10.1. The second-order valence-corrected chi connectivity index (χ2v) is 1.82. The molecule has 1 saturated carbocycles. The van der Waals surface area contributed by atoms with E-state index in [0.717, 1.165) is 0 Å². The number of hydrogen-bond acceptors (Lipinski definition) is 4. The first kappa shape index (κ1) is 5.25. The standard InChI is InChI=1S/C6H12N2.C2H2O4.Pt/c7-5-3-1-2-4-6(5)8;3-1(4)2(5)6;/h5-8H,1-4H2;(H,3,4)(H,5,6);/q-2;;+4/p-2/t5-,6-;;/m1../s1/i1D2,2D2,3D2,4D2,5D,6D;;. The molecule has 0 saturated heterocycles. The van der Waals surface area contributed by atoms with Gasteiger partial charge in [0.25, 0.3) is 0 Å². The van der Waals surface area contributed by atoms with Gasteiger partial charge in [-0.2, -0.15) is 12.0 Å². The normalized spacial score (nSPS) is 57.2. The molecule has 0 spiro atoms. The zero-order valence-electron chi connectivity index (χ0n) is 16.9. The summed E-state index contributed by atoms with van der Waals surface area (Å²) in [5, 5.41) is 17.9. The quantitative estimate of drug-likeness (QED) is 0.473. The van der Waals surface area contributed by atoms with Gasteiger partial charge in [0, 0.05) is 13.7 Å². The largest absolute Gasteiger partial charge is 4.00 e. The number of carboxylic acid groups (broad SMARTS) is 2. The molecule has 0 unspecified atom stereocenters. The monoisotopic (exact) mass is 405 g/mol. The van der Waals surface area contributed by atoms with Crippen molar-refractivity contribution < 1.29 is 54.6 Å². The van der Waals surface area contributed by atoms with Gasteiger partial charge in [0.15, 0.2) is 0 Å². The van der Waals surface area contributed by atoms with Crippen LogP contribution in [-0.4, -0.2) is 24.0 Å². The summed E-state index contributed by atoms with van der Waals surface area (Å²) in [7, 11) is 0.